The van der Waals surface area contributed by atoms with E-state index >= 15 is 0 Å². The van der Waals surface area contributed by atoms with Crippen LogP contribution in [0.2, 0.25) is 0 Å². The zero-order valence-electron chi connectivity index (χ0n) is 13.8. The molecule has 0 atom stereocenters. The Bertz CT molecular complexity index is 713. The van der Waals surface area contributed by atoms with Crippen molar-refractivity contribution >= 4 is 23.0 Å². The van der Waals surface area contributed by atoms with E-state index in [1.54, 1.807) is 0 Å². The van der Waals surface area contributed by atoms with Gasteiger partial charge in [-0.1, -0.05) is 44.9 Å². The molecule has 1 aromatic carbocycles. The second-order valence-corrected chi connectivity index (χ2v) is 5.70. The Morgan fingerprint density at radius 3 is 2.43 bits per heavy atom. The van der Waals surface area contributed by atoms with Gasteiger partial charge in [-0.25, -0.2) is 9.36 Å². The van der Waals surface area contributed by atoms with Crippen LogP contribution >= 0.6 is 0 Å². The average molecular weight is 317 g/mol. The van der Waals surface area contributed by atoms with E-state index in [0.29, 0.717) is 23.4 Å². The minimum atomic E-state index is -0.899. The summed E-state index contributed by atoms with van der Waals surface area (Å²) in [6.07, 6.45) is 2.05. The van der Waals surface area contributed by atoms with Crippen molar-refractivity contribution in [2.75, 3.05) is 7.11 Å². The number of carboxylic acids is 1. The van der Waals surface area contributed by atoms with Crippen LogP contribution in [0.5, 0.6) is 0 Å². The lowest BCUT2D eigenvalue weighted by Gasteiger charge is -2.15. The molecular formula is C18H23NO4. The molecular weight excluding hydrogens is 294 g/mol. The third-order valence-corrected chi connectivity index (χ3v) is 4.41. The number of fused-ring (bicyclic) bond motifs is 1. The highest BCUT2D eigenvalue weighted by atomic mass is 16.5. The molecule has 0 fully saturated rings. The molecule has 1 N–H and O–H groups in total. The molecule has 0 aliphatic carbocycles. The molecule has 0 saturated carbocycles. The molecule has 0 amide bonds. The number of methoxy groups -OCH3 is 1. The summed E-state index contributed by atoms with van der Waals surface area (Å²) in [5.41, 5.74) is 2.18. The van der Waals surface area contributed by atoms with Gasteiger partial charge in [-0.2, -0.15) is 0 Å². The van der Waals surface area contributed by atoms with Gasteiger partial charge in [0.2, 0.25) is 0 Å². The number of aliphatic carboxylic acids is 1. The maximum absolute atomic E-state index is 12.3. The monoisotopic (exact) mass is 317 g/mol. The van der Waals surface area contributed by atoms with Gasteiger partial charge in [0.15, 0.2) is 0 Å². The predicted molar refractivity (Wildman–Crippen MR) is 88.9 cm³/mol. The van der Waals surface area contributed by atoms with E-state index in [4.69, 9.17) is 4.74 Å². The summed E-state index contributed by atoms with van der Waals surface area (Å²) in [6, 6.07) is 7.39. The summed E-state index contributed by atoms with van der Waals surface area (Å²) in [7, 11) is 1.34. The number of nitrogens with zero attached hydrogens (tertiary/aromatic N) is 1. The third-order valence-electron chi connectivity index (χ3n) is 4.41. The van der Waals surface area contributed by atoms with Crippen LogP contribution in [-0.4, -0.2) is 28.8 Å². The van der Waals surface area contributed by atoms with Gasteiger partial charge in [0, 0.05) is 11.1 Å². The van der Waals surface area contributed by atoms with Crippen molar-refractivity contribution in [3.63, 3.8) is 0 Å². The molecule has 1 aromatic heterocycles. The Kier molecular flexibility index (Phi) is 5.42. The summed E-state index contributed by atoms with van der Waals surface area (Å²) in [5, 5.41) is 10.1. The first kappa shape index (κ1) is 17.1. The van der Waals surface area contributed by atoms with Crippen LogP contribution in [0.1, 0.15) is 37.9 Å². The van der Waals surface area contributed by atoms with E-state index in [1.165, 1.54) is 11.7 Å². The number of rotatable bonds is 6. The van der Waals surface area contributed by atoms with E-state index < -0.39 is 12.1 Å². The van der Waals surface area contributed by atoms with E-state index in [-0.39, 0.29) is 6.42 Å². The Morgan fingerprint density at radius 1 is 1.22 bits per heavy atom. The zero-order valence-corrected chi connectivity index (χ0v) is 13.8. The van der Waals surface area contributed by atoms with Crippen LogP contribution < -0.4 is 0 Å². The van der Waals surface area contributed by atoms with Crippen molar-refractivity contribution in [3.8, 4) is 0 Å². The van der Waals surface area contributed by atoms with Crippen molar-refractivity contribution in [2.24, 2.45) is 5.92 Å². The van der Waals surface area contributed by atoms with Crippen molar-refractivity contribution in [2.45, 2.75) is 39.5 Å². The van der Waals surface area contributed by atoms with Crippen molar-refractivity contribution < 1.29 is 19.4 Å². The lowest BCUT2D eigenvalue weighted by molar-refractivity contribution is -0.136. The van der Waals surface area contributed by atoms with Gasteiger partial charge in [0.05, 0.1) is 19.0 Å². The second-order valence-electron chi connectivity index (χ2n) is 5.70. The highest BCUT2D eigenvalue weighted by molar-refractivity contribution is 5.95. The van der Waals surface area contributed by atoms with Crippen LogP contribution in [0.3, 0.4) is 0 Å². The maximum Gasteiger partial charge on any atom is 0.418 e. The molecule has 0 unspecified atom stereocenters. The van der Waals surface area contributed by atoms with Gasteiger partial charge >= 0.3 is 12.1 Å². The first-order valence-electron chi connectivity index (χ1n) is 7.94. The minimum Gasteiger partial charge on any atom is -0.481 e. The van der Waals surface area contributed by atoms with Gasteiger partial charge in [-0.3, -0.25) is 4.79 Å². The fourth-order valence-corrected chi connectivity index (χ4v) is 3.07. The van der Waals surface area contributed by atoms with E-state index in [1.807, 2.05) is 24.3 Å². The van der Waals surface area contributed by atoms with Crippen LogP contribution in [0.15, 0.2) is 24.3 Å². The quantitative estimate of drug-likeness (QED) is 0.878. The molecule has 2 rings (SSSR count). The van der Waals surface area contributed by atoms with Gasteiger partial charge < -0.3 is 9.84 Å². The van der Waals surface area contributed by atoms with Crippen LogP contribution in [-0.2, 0) is 22.4 Å². The Morgan fingerprint density at radius 2 is 1.87 bits per heavy atom. The third kappa shape index (κ3) is 3.38. The summed E-state index contributed by atoms with van der Waals surface area (Å²) in [6.45, 7) is 4.21. The molecule has 0 aliphatic heterocycles. The SMILES string of the molecule is CCC(CC)Cc1c(CC(=O)O)c2ccccc2n1C(=O)OC. The average Bonchev–Trinajstić information content (AvgIpc) is 2.85. The molecule has 2 aromatic rings. The van der Waals surface area contributed by atoms with Crippen molar-refractivity contribution in [1.82, 2.24) is 4.57 Å². The van der Waals surface area contributed by atoms with Gasteiger partial charge in [-0.15, -0.1) is 0 Å². The fraction of sp³-hybridized carbons (Fsp3) is 0.444. The lowest BCUT2D eigenvalue weighted by Crippen LogP contribution is -2.18. The number of carbonyl (C=O) groups is 2. The van der Waals surface area contributed by atoms with E-state index in [9.17, 15) is 14.7 Å². The molecule has 5 heteroatoms. The number of para-hydroxylation sites is 1. The highest BCUT2D eigenvalue weighted by Crippen LogP contribution is 2.30. The van der Waals surface area contributed by atoms with E-state index in [0.717, 1.165) is 23.9 Å². The van der Waals surface area contributed by atoms with Gasteiger partial charge in [0.1, 0.15) is 0 Å². The van der Waals surface area contributed by atoms with Crippen LogP contribution in [0.4, 0.5) is 4.79 Å². The number of carboxylic acid groups (broad SMARTS) is 1. The van der Waals surface area contributed by atoms with Crippen molar-refractivity contribution in [3.05, 3.63) is 35.5 Å². The smallest absolute Gasteiger partial charge is 0.418 e. The molecule has 0 saturated heterocycles. The molecule has 23 heavy (non-hydrogen) atoms. The lowest BCUT2D eigenvalue weighted by atomic mass is 9.94. The molecule has 0 spiro atoms. The minimum absolute atomic E-state index is 0.0972. The topological polar surface area (TPSA) is 68.5 Å². The summed E-state index contributed by atoms with van der Waals surface area (Å²) >= 11 is 0. The Hall–Kier alpha value is -2.30. The van der Waals surface area contributed by atoms with Crippen LogP contribution in [0, 0.1) is 5.92 Å². The maximum atomic E-state index is 12.3. The number of carbonyl (C=O) groups excluding carboxylic acids is 1. The normalized spacial score (nSPS) is 11.1. The first-order chi connectivity index (χ1) is 11.0. The van der Waals surface area contributed by atoms with Gasteiger partial charge in [-0.05, 0) is 24.0 Å². The highest BCUT2D eigenvalue weighted by Gasteiger charge is 2.24. The number of ether oxygens (including phenoxy) is 1. The Labute approximate surface area is 135 Å². The molecule has 124 valence electrons. The number of benzene rings is 1. The Balaban J connectivity index is 2.71. The molecule has 0 aliphatic rings. The summed E-state index contributed by atoms with van der Waals surface area (Å²) < 4.78 is 6.46. The molecule has 0 bridgehead atoms. The van der Waals surface area contributed by atoms with E-state index in [2.05, 4.69) is 13.8 Å². The number of hydrogen-bond acceptors (Lipinski definition) is 3. The van der Waals surface area contributed by atoms with Crippen LogP contribution in [0.25, 0.3) is 10.9 Å². The fourth-order valence-electron chi connectivity index (χ4n) is 3.07. The standard InChI is InChI=1S/C18H23NO4/c1-4-12(5-2)10-16-14(11-17(20)21)13-8-6-7-9-15(13)19(16)18(22)23-3/h6-9,12H,4-5,10-11H2,1-3H3,(H,20,21). The largest absolute Gasteiger partial charge is 0.481 e. The summed E-state index contributed by atoms with van der Waals surface area (Å²) in [5.74, 6) is -0.501. The molecule has 1 heterocycles. The summed E-state index contributed by atoms with van der Waals surface area (Å²) in [4.78, 5) is 23.6. The van der Waals surface area contributed by atoms with Crippen molar-refractivity contribution in [1.29, 1.82) is 0 Å². The molecule has 5 nitrogen and oxygen atoms in total. The number of aromatic nitrogens is 1. The zero-order chi connectivity index (χ0) is 17.0. The first-order valence-corrected chi connectivity index (χ1v) is 7.94. The van der Waals surface area contributed by atoms with Gasteiger partial charge in [0.25, 0.3) is 0 Å². The number of hydrogen-bond donors (Lipinski definition) is 1. The second kappa shape index (κ2) is 7.31. The molecule has 0 radical (unpaired) electrons. The predicted octanol–water partition coefficient (Wildman–Crippen LogP) is 3.86.